The van der Waals surface area contributed by atoms with E-state index in [4.69, 9.17) is 16.3 Å². The molecule has 1 aliphatic heterocycles. The fraction of sp³-hybridized carbons (Fsp3) is 0.222. The van der Waals surface area contributed by atoms with Crippen molar-refractivity contribution in [1.82, 2.24) is 29.5 Å². The Morgan fingerprint density at radius 2 is 1.87 bits per heavy atom. The topological polar surface area (TPSA) is 110 Å². The quantitative estimate of drug-likeness (QED) is 0.355. The van der Waals surface area contributed by atoms with Crippen molar-refractivity contribution in [3.05, 3.63) is 71.7 Å². The number of halogens is 2. The maximum Gasteiger partial charge on any atom is 0.322 e. The number of aryl methyl sites for hydroxylation is 1. The van der Waals surface area contributed by atoms with Crippen LogP contribution in [0.25, 0.3) is 33.1 Å². The minimum Gasteiger partial charge on any atom is -0.424 e. The molecule has 0 bridgehead atoms. The highest BCUT2D eigenvalue weighted by Gasteiger charge is 2.23. The highest BCUT2D eigenvalue weighted by Crippen LogP contribution is 2.37. The third-order valence-corrected chi connectivity index (χ3v) is 7.02. The maximum absolute atomic E-state index is 15.4. The molecule has 6 rings (SSSR count). The van der Waals surface area contributed by atoms with Gasteiger partial charge in [0.05, 0.1) is 29.8 Å². The van der Waals surface area contributed by atoms with Crippen LogP contribution in [0.3, 0.4) is 0 Å². The number of rotatable bonds is 5. The van der Waals surface area contributed by atoms with Gasteiger partial charge in [-0.05, 0) is 31.2 Å². The largest absolute Gasteiger partial charge is 0.424 e. The summed E-state index contributed by atoms with van der Waals surface area (Å²) in [6.07, 6.45) is 4.92. The molecule has 198 valence electrons. The SMILES string of the molecule is Cc1ccnc(Oc2ccc(-c3cc4c(cc3F)ncc3ncn(N5CCN(C(=O)CO)CC5)c34)c(Cl)c2)n1. The van der Waals surface area contributed by atoms with Crippen LogP contribution >= 0.6 is 11.6 Å². The summed E-state index contributed by atoms with van der Waals surface area (Å²) in [6, 6.07) is 10.1. The average molecular weight is 548 g/mol. The van der Waals surface area contributed by atoms with Gasteiger partial charge in [0, 0.05) is 53.6 Å². The second-order valence-corrected chi connectivity index (χ2v) is 9.55. The smallest absolute Gasteiger partial charge is 0.322 e. The van der Waals surface area contributed by atoms with Gasteiger partial charge in [0.25, 0.3) is 0 Å². The predicted molar refractivity (Wildman–Crippen MR) is 144 cm³/mol. The molecule has 1 amide bonds. The Kier molecular flexibility index (Phi) is 6.45. The average Bonchev–Trinajstić information content (AvgIpc) is 3.37. The Bertz CT molecular complexity index is 1720. The molecule has 39 heavy (non-hydrogen) atoms. The Morgan fingerprint density at radius 3 is 2.62 bits per heavy atom. The molecule has 12 heteroatoms. The van der Waals surface area contributed by atoms with Crippen LogP contribution in [-0.2, 0) is 4.79 Å². The number of aliphatic hydroxyl groups is 1. The molecule has 3 aromatic heterocycles. The Hall–Kier alpha value is -4.35. The maximum atomic E-state index is 15.4. The standard InChI is InChI=1S/C27H23ClFN7O3/c1-16-4-5-30-27(33-16)39-17-2-3-18(21(28)10-17)19-11-20-23(12-22(19)29)31-13-24-26(20)36(15-32-24)35-8-6-34(7-9-35)25(38)14-37/h2-5,10-13,15,37H,6-9,14H2,1H3. The lowest BCUT2D eigenvalue weighted by molar-refractivity contribution is -0.134. The number of fused-ring (bicyclic) bond motifs is 3. The molecule has 0 saturated carbocycles. The lowest BCUT2D eigenvalue weighted by Crippen LogP contribution is -2.53. The highest BCUT2D eigenvalue weighted by atomic mass is 35.5. The fourth-order valence-corrected chi connectivity index (χ4v) is 5.01. The highest BCUT2D eigenvalue weighted by molar-refractivity contribution is 6.33. The van der Waals surface area contributed by atoms with Crippen LogP contribution in [0.1, 0.15) is 5.69 Å². The summed E-state index contributed by atoms with van der Waals surface area (Å²) < 4.78 is 23.0. The van der Waals surface area contributed by atoms with E-state index < -0.39 is 12.4 Å². The number of piperazine rings is 1. The molecule has 1 fully saturated rings. The number of benzene rings is 2. The van der Waals surface area contributed by atoms with Gasteiger partial charge in [0.1, 0.15) is 35.5 Å². The molecule has 0 unspecified atom stereocenters. The van der Waals surface area contributed by atoms with Crippen LogP contribution in [0.4, 0.5) is 4.39 Å². The molecular formula is C27H23ClFN7O3. The summed E-state index contributed by atoms with van der Waals surface area (Å²) in [6.45, 7) is 3.37. The summed E-state index contributed by atoms with van der Waals surface area (Å²) >= 11 is 6.61. The number of aromatic nitrogens is 5. The number of carbonyl (C=O) groups excluding carboxylic acids is 1. The molecular weight excluding hydrogens is 525 g/mol. The molecule has 0 radical (unpaired) electrons. The van der Waals surface area contributed by atoms with E-state index >= 15 is 4.39 Å². The molecule has 0 spiro atoms. The zero-order valence-electron chi connectivity index (χ0n) is 20.9. The van der Waals surface area contributed by atoms with Crippen LogP contribution in [0.2, 0.25) is 5.02 Å². The first-order valence-corrected chi connectivity index (χ1v) is 12.7. The van der Waals surface area contributed by atoms with Gasteiger partial charge in [-0.3, -0.25) is 9.78 Å². The first kappa shape index (κ1) is 25.0. The zero-order chi connectivity index (χ0) is 27.1. The number of ether oxygens (including phenoxy) is 1. The Balaban J connectivity index is 1.37. The summed E-state index contributed by atoms with van der Waals surface area (Å²) in [5, 5.41) is 12.2. The van der Waals surface area contributed by atoms with E-state index in [9.17, 15) is 9.90 Å². The van der Waals surface area contributed by atoms with Gasteiger partial charge in [0.2, 0.25) is 5.91 Å². The number of imidazole rings is 1. The normalized spacial score (nSPS) is 13.8. The summed E-state index contributed by atoms with van der Waals surface area (Å²) in [7, 11) is 0. The van der Waals surface area contributed by atoms with Crippen LogP contribution < -0.4 is 9.75 Å². The summed E-state index contributed by atoms with van der Waals surface area (Å²) in [5.74, 6) is -0.328. The van der Waals surface area contributed by atoms with Crippen molar-refractivity contribution in [3.63, 3.8) is 0 Å². The molecule has 1 aliphatic rings. The van der Waals surface area contributed by atoms with Crippen LogP contribution in [-0.4, -0.2) is 73.3 Å². The van der Waals surface area contributed by atoms with Gasteiger partial charge in [-0.1, -0.05) is 11.6 Å². The molecule has 2 aromatic carbocycles. The number of aliphatic hydroxyl groups excluding tert-OH is 1. The van der Waals surface area contributed by atoms with Gasteiger partial charge >= 0.3 is 6.01 Å². The van der Waals surface area contributed by atoms with E-state index in [0.29, 0.717) is 64.5 Å². The number of amides is 1. The number of hydrogen-bond donors (Lipinski definition) is 1. The van der Waals surface area contributed by atoms with Crippen molar-refractivity contribution in [2.75, 3.05) is 37.8 Å². The van der Waals surface area contributed by atoms with E-state index in [1.54, 1.807) is 54.0 Å². The third kappa shape index (κ3) is 4.70. The lowest BCUT2D eigenvalue weighted by atomic mass is 10.0. The van der Waals surface area contributed by atoms with Crippen molar-refractivity contribution in [2.24, 2.45) is 0 Å². The Labute approximate surface area is 227 Å². The van der Waals surface area contributed by atoms with Crippen molar-refractivity contribution < 1.29 is 19.0 Å². The molecule has 5 aromatic rings. The molecule has 1 saturated heterocycles. The first-order chi connectivity index (χ1) is 18.9. The summed E-state index contributed by atoms with van der Waals surface area (Å²) in [4.78, 5) is 30.7. The monoisotopic (exact) mass is 547 g/mol. The van der Waals surface area contributed by atoms with Crippen LogP contribution in [0.15, 0.2) is 55.1 Å². The second kappa shape index (κ2) is 10.1. The van der Waals surface area contributed by atoms with E-state index in [2.05, 4.69) is 24.9 Å². The molecule has 1 N–H and O–H groups in total. The van der Waals surface area contributed by atoms with E-state index in [1.807, 2.05) is 11.6 Å². The van der Waals surface area contributed by atoms with Crippen LogP contribution in [0.5, 0.6) is 11.8 Å². The minimum atomic E-state index is -0.506. The molecule has 10 nitrogen and oxygen atoms in total. The van der Waals surface area contributed by atoms with Crippen molar-refractivity contribution in [1.29, 1.82) is 0 Å². The van der Waals surface area contributed by atoms with Crippen molar-refractivity contribution >= 4 is 39.4 Å². The molecule has 0 atom stereocenters. The van der Waals surface area contributed by atoms with Crippen molar-refractivity contribution in [2.45, 2.75) is 6.92 Å². The second-order valence-electron chi connectivity index (χ2n) is 9.15. The van der Waals surface area contributed by atoms with Gasteiger partial charge < -0.3 is 19.8 Å². The Morgan fingerprint density at radius 1 is 1.05 bits per heavy atom. The number of carbonyl (C=O) groups is 1. The number of pyridine rings is 1. The van der Waals surface area contributed by atoms with E-state index in [1.165, 1.54) is 6.07 Å². The van der Waals surface area contributed by atoms with E-state index in [0.717, 1.165) is 11.2 Å². The van der Waals surface area contributed by atoms with E-state index in [-0.39, 0.29) is 11.9 Å². The van der Waals surface area contributed by atoms with Gasteiger partial charge in [0.15, 0.2) is 0 Å². The first-order valence-electron chi connectivity index (χ1n) is 12.3. The molecule has 0 aliphatic carbocycles. The molecule has 4 heterocycles. The number of nitrogens with zero attached hydrogens (tertiary/aromatic N) is 7. The zero-order valence-corrected chi connectivity index (χ0v) is 21.6. The van der Waals surface area contributed by atoms with Gasteiger partial charge in [-0.15, -0.1) is 0 Å². The summed E-state index contributed by atoms with van der Waals surface area (Å²) in [5.41, 5.74) is 3.48. The van der Waals surface area contributed by atoms with Gasteiger partial charge in [-0.2, -0.15) is 0 Å². The fourth-order valence-electron chi connectivity index (χ4n) is 4.74. The lowest BCUT2D eigenvalue weighted by Gasteiger charge is -2.36. The predicted octanol–water partition coefficient (Wildman–Crippen LogP) is 3.71. The number of hydrogen-bond acceptors (Lipinski definition) is 8. The van der Waals surface area contributed by atoms with Gasteiger partial charge in [-0.25, -0.2) is 24.0 Å². The van der Waals surface area contributed by atoms with Crippen LogP contribution in [0, 0.1) is 12.7 Å². The van der Waals surface area contributed by atoms with Crippen molar-refractivity contribution in [3.8, 4) is 22.9 Å². The third-order valence-electron chi connectivity index (χ3n) is 6.71. The minimum absolute atomic E-state index is 0.194.